The Morgan fingerprint density at radius 2 is 1.88 bits per heavy atom. The highest BCUT2D eigenvalue weighted by Gasteiger charge is 2.25. The van der Waals surface area contributed by atoms with Crippen molar-refractivity contribution in [1.29, 1.82) is 0 Å². The average Bonchev–Trinajstić information content (AvgIpc) is 2.10. The smallest absolute Gasteiger partial charge is 0.323 e. The Labute approximate surface area is 99.9 Å². The van der Waals surface area contributed by atoms with Crippen molar-refractivity contribution < 1.29 is 9.53 Å². The number of esters is 1. The molecule has 3 nitrogen and oxygen atoms in total. The normalized spacial score (nSPS) is 13.9. The first-order valence-electron chi connectivity index (χ1n) is 6.16. The van der Waals surface area contributed by atoms with E-state index in [1.54, 1.807) is 0 Å². The Hall–Kier alpha value is -0.570. The van der Waals surface area contributed by atoms with Gasteiger partial charge in [0.25, 0.3) is 0 Å². The van der Waals surface area contributed by atoms with Crippen LogP contribution >= 0.6 is 0 Å². The highest BCUT2D eigenvalue weighted by Crippen LogP contribution is 2.21. The summed E-state index contributed by atoms with van der Waals surface area (Å²) < 4.78 is 5.08. The molecule has 0 bridgehead atoms. The zero-order valence-corrected chi connectivity index (χ0v) is 11.6. The fraction of sp³-hybridized carbons (Fsp3) is 0.923. The van der Waals surface area contributed by atoms with E-state index in [4.69, 9.17) is 4.74 Å². The third kappa shape index (κ3) is 7.69. The lowest BCUT2D eigenvalue weighted by Crippen LogP contribution is -2.42. The average molecular weight is 229 g/mol. The highest BCUT2D eigenvalue weighted by atomic mass is 16.5. The summed E-state index contributed by atoms with van der Waals surface area (Å²) in [6, 6.07) is -0.178. The molecule has 0 radical (unpaired) electrons. The largest absolute Gasteiger partial charge is 0.465 e. The van der Waals surface area contributed by atoms with Crippen LogP contribution in [-0.2, 0) is 9.53 Å². The van der Waals surface area contributed by atoms with Crippen LogP contribution in [0.25, 0.3) is 0 Å². The van der Waals surface area contributed by atoms with Crippen molar-refractivity contribution in [2.24, 2.45) is 11.3 Å². The van der Waals surface area contributed by atoms with E-state index in [-0.39, 0.29) is 17.4 Å². The van der Waals surface area contributed by atoms with Gasteiger partial charge in [-0.25, -0.2) is 0 Å². The molecule has 1 unspecified atom stereocenters. The molecule has 16 heavy (non-hydrogen) atoms. The minimum absolute atomic E-state index is 0.126. The van der Waals surface area contributed by atoms with Gasteiger partial charge in [-0.2, -0.15) is 0 Å². The molecule has 0 spiro atoms. The Morgan fingerprint density at radius 3 is 2.25 bits per heavy atom. The Balaban J connectivity index is 4.32. The van der Waals surface area contributed by atoms with E-state index >= 15 is 0 Å². The summed E-state index contributed by atoms with van der Waals surface area (Å²) in [6.07, 6.45) is 0.804. The first kappa shape index (κ1) is 15.4. The molecule has 0 amide bonds. The van der Waals surface area contributed by atoms with Crippen LogP contribution in [0.4, 0.5) is 0 Å². The van der Waals surface area contributed by atoms with Gasteiger partial charge < -0.3 is 10.1 Å². The predicted molar refractivity (Wildman–Crippen MR) is 67.3 cm³/mol. The maximum atomic E-state index is 11.7. The number of ether oxygens (including phenoxy) is 1. The molecule has 0 saturated carbocycles. The molecule has 0 aromatic heterocycles. The van der Waals surface area contributed by atoms with Crippen LogP contribution < -0.4 is 5.32 Å². The molecule has 1 N–H and O–H groups in total. The zero-order chi connectivity index (χ0) is 12.8. The van der Waals surface area contributed by atoms with Crippen LogP contribution in [0.1, 0.15) is 48.0 Å². The van der Waals surface area contributed by atoms with Crippen LogP contribution in [-0.4, -0.2) is 25.2 Å². The third-order valence-electron chi connectivity index (χ3n) is 2.16. The Kier molecular flexibility index (Phi) is 6.65. The van der Waals surface area contributed by atoms with E-state index < -0.39 is 0 Å². The molecule has 0 fully saturated rings. The molecular weight excluding hydrogens is 202 g/mol. The van der Waals surface area contributed by atoms with Crippen LogP contribution in [0.3, 0.4) is 0 Å². The van der Waals surface area contributed by atoms with Crippen LogP contribution in [0, 0.1) is 11.3 Å². The summed E-state index contributed by atoms with van der Waals surface area (Å²) >= 11 is 0. The number of hydrogen-bond acceptors (Lipinski definition) is 3. The van der Waals surface area contributed by atoms with Crippen molar-refractivity contribution in [2.45, 2.75) is 54.0 Å². The number of nitrogens with one attached hydrogen (secondary N) is 1. The van der Waals surface area contributed by atoms with Gasteiger partial charge in [-0.15, -0.1) is 0 Å². The summed E-state index contributed by atoms with van der Waals surface area (Å²) in [7, 11) is 0. The van der Waals surface area contributed by atoms with Crippen LogP contribution in [0.15, 0.2) is 0 Å². The van der Waals surface area contributed by atoms with E-state index in [1.807, 2.05) is 6.92 Å². The molecule has 1 atom stereocenters. The second kappa shape index (κ2) is 6.89. The zero-order valence-electron chi connectivity index (χ0n) is 11.6. The van der Waals surface area contributed by atoms with E-state index in [9.17, 15) is 4.79 Å². The first-order chi connectivity index (χ1) is 7.26. The summed E-state index contributed by atoms with van der Waals surface area (Å²) in [4.78, 5) is 11.7. The van der Waals surface area contributed by atoms with Crippen molar-refractivity contribution in [3.05, 3.63) is 0 Å². The monoisotopic (exact) mass is 229 g/mol. The van der Waals surface area contributed by atoms with Crippen molar-refractivity contribution in [3.8, 4) is 0 Å². The van der Waals surface area contributed by atoms with Crippen molar-refractivity contribution in [1.82, 2.24) is 5.32 Å². The summed E-state index contributed by atoms with van der Waals surface area (Å²) in [6.45, 7) is 13.8. The fourth-order valence-corrected chi connectivity index (χ4v) is 1.47. The SMILES string of the molecule is CCOC(=O)C(CC(C)(C)C)NCC(C)C. The quantitative estimate of drug-likeness (QED) is 0.711. The minimum atomic E-state index is -0.178. The van der Waals surface area contributed by atoms with E-state index in [1.165, 1.54) is 0 Å². The van der Waals surface area contributed by atoms with Gasteiger partial charge in [0.2, 0.25) is 0 Å². The second-order valence-corrected chi connectivity index (χ2v) is 5.87. The van der Waals surface area contributed by atoms with Gasteiger partial charge in [0.1, 0.15) is 6.04 Å². The molecular formula is C13H27NO2. The summed E-state index contributed by atoms with van der Waals surface area (Å²) in [5.74, 6) is 0.412. The van der Waals surface area contributed by atoms with Gasteiger partial charge in [0.05, 0.1) is 6.61 Å². The van der Waals surface area contributed by atoms with Gasteiger partial charge in [-0.05, 0) is 31.2 Å². The fourth-order valence-electron chi connectivity index (χ4n) is 1.47. The Bertz CT molecular complexity index is 206. The molecule has 96 valence electrons. The van der Waals surface area contributed by atoms with Crippen molar-refractivity contribution in [3.63, 3.8) is 0 Å². The number of carbonyl (C=O) groups excluding carboxylic acids is 1. The van der Waals surface area contributed by atoms with Crippen LogP contribution in [0.2, 0.25) is 0 Å². The lowest BCUT2D eigenvalue weighted by molar-refractivity contribution is -0.146. The molecule has 0 aliphatic rings. The molecule has 0 aromatic carbocycles. The van der Waals surface area contributed by atoms with E-state index in [2.05, 4.69) is 39.9 Å². The maximum Gasteiger partial charge on any atom is 0.323 e. The van der Waals surface area contributed by atoms with Gasteiger partial charge in [-0.1, -0.05) is 34.6 Å². The number of rotatable bonds is 6. The molecule has 0 aliphatic heterocycles. The second-order valence-electron chi connectivity index (χ2n) is 5.87. The summed E-state index contributed by atoms with van der Waals surface area (Å²) in [5, 5.41) is 3.29. The minimum Gasteiger partial charge on any atom is -0.465 e. The molecule has 0 heterocycles. The standard InChI is InChI=1S/C13H27NO2/c1-7-16-12(15)11(8-13(4,5)6)14-9-10(2)3/h10-11,14H,7-9H2,1-6H3. The topological polar surface area (TPSA) is 38.3 Å². The van der Waals surface area contributed by atoms with Gasteiger partial charge >= 0.3 is 5.97 Å². The summed E-state index contributed by atoms with van der Waals surface area (Å²) in [5.41, 5.74) is 0.126. The highest BCUT2D eigenvalue weighted by molar-refractivity contribution is 5.75. The van der Waals surface area contributed by atoms with E-state index in [0.717, 1.165) is 13.0 Å². The number of carbonyl (C=O) groups is 1. The predicted octanol–water partition coefficient (Wildman–Crippen LogP) is 2.60. The Morgan fingerprint density at radius 1 is 1.31 bits per heavy atom. The maximum absolute atomic E-state index is 11.7. The lowest BCUT2D eigenvalue weighted by Gasteiger charge is -2.26. The van der Waals surface area contributed by atoms with Gasteiger partial charge in [-0.3, -0.25) is 4.79 Å². The molecule has 0 saturated heterocycles. The molecule has 3 heteroatoms. The van der Waals surface area contributed by atoms with Crippen molar-refractivity contribution in [2.75, 3.05) is 13.2 Å². The van der Waals surface area contributed by atoms with Gasteiger partial charge in [0.15, 0.2) is 0 Å². The van der Waals surface area contributed by atoms with E-state index in [0.29, 0.717) is 12.5 Å². The molecule has 0 rings (SSSR count). The first-order valence-corrected chi connectivity index (χ1v) is 6.16. The van der Waals surface area contributed by atoms with Crippen molar-refractivity contribution >= 4 is 5.97 Å². The lowest BCUT2D eigenvalue weighted by atomic mass is 9.88. The van der Waals surface area contributed by atoms with Gasteiger partial charge in [0, 0.05) is 0 Å². The number of hydrogen-bond donors (Lipinski definition) is 1. The third-order valence-corrected chi connectivity index (χ3v) is 2.16. The molecule has 0 aliphatic carbocycles. The van der Waals surface area contributed by atoms with Crippen LogP contribution in [0.5, 0.6) is 0 Å². The molecule has 0 aromatic rings.